The van der Waals surface area contributed by atoms with Crippen LogP contribution in [0.4, 0.5) is 0 Å². The lowest BCUT2D eigenvalue weighted by molar-refractivity contribution is -0.931. The molecule has 0 amide bonds. The molecule has 0 spiro atoms. The fourth-order valence-electron chi connectivity index (χ4n) is 5.71. The van der Waals surface area contributed by atoms with Crippen LogP contribution < -0.4 is 0 Å². The topological polar surface area (TPSA) is 46.5 Å². The van der Waals surface area contributed by atoms with E-state index in [9.17, 15) is 9.90 Å². The number of esters is 1. The Morgan fingerprint density at radius 2 is 1.63 bits per heavy atom. The molecule has 0 radical (unpaired) electrons. The molecule has 2 aliphatic heterocycles. The van der Waals surface area contributed by atoms with Crippen molar-refractivity contribution in [3.05, 3.63) is 59.7 Å². The van der Waals surface area contributed by atoms with E-state index in [1.807, 2.05) is 48.5 Å². The molecule has 27 heavy (non-hydrogen) atoms. The predicted octanol–water partition coefficient (Wildman–Crippen LogP) is 3.22. The molecule has 4 nitrogen and oxygen atoms in total. The average molecular weight is 364 g/mol. The lowest BCUT2D eigenvalue weighted by atomic mass is 9.91. The third-order valence-corrected chi connectivity index (χ3v) is 7.24. The molecule has 2 fully saturated rings. The standard InChI is InChI=1S/C23H26NO3/c1-24(2)15-8-7-13-20(24)21(14-15)27-22(25)23(26)18-11-5-3-9-16(18)17-10-4-6-12-19(17)23/h3-6,9-12,15,20-21,26H,7-8,13-14H2,1-2H3/q+1/t15?,20?,21-/m0/s1. The van der Waals surface area contributed by atoms with Gasteiger partial charge < -0.3 is 14.3 Å². The van der Waals surface area contributed by atoms with Gasteiger partial charge in [-0.15, -0.1) is 0 Å². The smallest absolute Gasteiger partial charge is 0.348 e. The highest BCUT2D eigenvalue weighted by Gasteiger charge is 2.56. The minimum atomic E-state index is -1.72. The number of likely N-dealkylation sites (N-methyl/N-ethyl adjacent to an activating group) is 1. The van der Waals surface area contributed by atoms with E-state index in [0.717, 1.165) is 28.5 Å². The molecule has 1 aliphatic carbocycles. The van der Waals surface area contributed by atoms with Crippen LogP contribution in [-0.4, -0.2) is 47.8 Å². The second-order valence-electron chi connectivity index (χ2n) is 8.76. The van der Waals surface area contributed by atoms with Crippen LogP contribution in [0.25, 0.3) is 11.1 Å². The van der Waals surface area contributed by atoms with Crippen molar-refractivity contribution in [3.63, 3.8) is 0 Å². The van der Waals surface area contributed by atoms with Crippen molar-refractivity contribution >= 4 is 5.97 Å². The summed E-state index contributed by atoms with van der Waals surface area (Å²) in [6.07, 6.45) is 4.23. The zero-order chi connectivity index (χ0) is 18.8. The highest BCUT2D eigenvalue weighted by atomic mass is 16.6. The molecule has 3 aliphatic rings. The second kappa shape index (κ2) is 5.66. The van der Waals surface area contributed by atoms with E-state index in [2.05, 4.69) is 14.1 Å². The molecule has 0 saturated carbocycles. The minimum Gasteiger partial charge on any atom is -0.453 e. The average Bonchev–Trinajstić information content (AvgIpc) is 2.94. The van der Waals surface area contributed by atoms with Crippen LogP contribution in [0.15, 0.2) is 48.5 Å². The molecule has 2 bridgehead atoms. The first-order valence-electron chi connectivity index (χ1n) is 9.90. The van der Waals surface area contributed by atoms with E-state index in [-0.39, 0.29) is 6.10 Å². The number of hydrogen-bond acceptors (Lipinski definition) is 3. The highest BCUT2D eigenvalue weighted by Crippen LogP contribution is 2.49. The number of benzene rings is 2. The van der Waals surface area contributed by atoms with E-state index >= 15 is 0 Å². The number of hydrogen-bond donors (Lipinski definition) is 1. The summed E-state index contributed by atoms with van der Waals surface area (Å²) in [6.45, 7) is 0. The van der Waals surface area contributed by atoms with Crippen molar-refractivity contribution < 1.29 is 19.1 Å². The number of carbonyl (C=O) groups excluding carboxylic acids is 1. The monoisotopic (exact) mass is 364 g/mol. The largest absolute Gasteiger partial charge is 0.453 e. The summed E-state index contributed by atoms with van der Waals surface area (Å²) in [7, 11) is 4.49. The number of ether oxygens (including phenoxy) is 1. The summed E-state index contributed by atoms with van der Waals surface area (Å²) in [5.41, 5.74) is 1.36. The molecular weight excluding hydrogens is 338 g/mol. The number of fused-ring (bicyclic) bond motifs is 5. The molecule has 1 N–H and O–H groups in total. The van der Waals surface area contributed by atoms with Crippen molar-refractivity contribution in [3.8, 4) is 11.1 Å². The summed E-state index contributed by atoms with van der Waals surface area (Å²) in [5.74, 6) is -0.530. The van der Waals surface area contributed by atoms with E-state index in [1.54, 1.807) is 0 Å². The quantitative estimate of drug-likeness (QED) is 0.657. The summed E-state index contributed by atoms with van der Waals surface area (Å²) in [5, 5.41) is 11.6. The second-order valence-corrected chi connectivity index (χ2v) is 8.76. The molecule has 140 valence electrons. The maximum atomic E-state index is 13.4. The van der Waals surface area contributed by atoms with Crippen LogP contribution in [0.3, 0.4) is 0 Å². The number of nitrogens with zero attached hydrogens (tertiary/aromatic N) is 1. The Balaban J connectivity index is 1.52. The first kappa shape index (κ1) is 17.0. The highest BCUT2D eigenvalue weighted by molar-refractivity contribution is 5.96. The third kappa shape index (κ3) is 2.20. The number of rotatable bonds is 2. The molecule has 4 heteroatoms. The van der Waals surface area contributed by atoms with Crippen LogP contribution >= 0.6 is 0 Å². The molecule has 2 aromatic rings. The molecule has 5 rings (SSSR count). The van der Waals surface area contributed by atoms with Crippen LogP contribution in [0.2, 0.25) is 0 Å². The molecule has 2 aromatic carbocycles. The van der Waals surface area contributed by atoms with Crippen molar-refractivity contribution in [2.45, 2.75) is 49.5 Å². The summed E-state index contributed by atoms with van der Waals surface area (Å²) in [6, 6.07) is 16.1. The van der Waals surface area contributed by atoms with Crippen LogP contribution in [0.5, 0.6) is 0 Å². The van der Waals surface area contributed by atoms with Gasteiger partial charge in [-0.2, -0.15) is 0 Å². The Morgan fingerprint density at radius 3 is 2.22 bits per heavy atom. The lowest BCUT2D eigenvalue weighted by Crippen LogP contribution is -2.54. The SMILES string of the molecule is C[N+]1(C)C2CCCC1[C@@H](OC(=O)C1(O)c3ccccc3-c3ccccc31)C2. The molecule has 2 unspecified atom stereocenters. The Kier molecular flexibility index (Phi) is 3.56. The van der Waals surface area contributed by atoms with E-state index in [0.29, 0.717) is 23.2 Å². The van der Waals surface area contributed by atoms with Crippen LogP contribution in [0.1, 0.15) is 36.8 Å². The van der Waals surface area contributed by atoms with Crippen molar-refractivity contribution in [1.82, 2.24) is 0 Å². The fraction of sp³-hybridized carbons (Fsp3) is 0.435. The fourth-order valence-corrected chi connectivity index (χ4v) is 5.71. The predicted molar refractivity (Wildman–Crippen MR) is 103 cm³/mol. The number of carbonyl (C=O) groups is 1. The van der Waals surface area contributed by atoms with Gasteiger partial charge in [-0.05, 0) is 24.0 Å². The van der Waals surface area contributed by atoms with Gasteiger partial charge in [0.1, 0.15) is 6.04 Å². The molecule has 3 atom stereocenters. The summed E-state index contributed by atoms with van der Waals surface area (Å²) < 4.78 is 6.98. The number of aliphatic hydroxyl groups is 1. The lowest BCUT2D eigenvalue weighted by Gasteiger charge is -2.41. The van der Waals surface area contributed by atoms with Crippen molar-refractivity contribution in [2.75, 3.05) is 14.1 Å². The molecule has 0 aromatic heterocycles. The summed E-state index contributed by atoms with van der Waals surface area (Å²) >= 11 is 0. The van der Waals surface area contributed by atoms with E-state index in [1.165, 1.54) is 12.8 Å². The van der Waals surface area contributed by atoms with Gasteiger partial charge in [0.25, 0.3) is 0 Å². The Labute approximate surface area is 160 Å². The van der Waals surface area contributed by atoms with Crippen LogP contribution in [-0.2, 0) is 15.1 Å². The Morgan fingerprint density at radius 1 is 1.04 bits per heavy atom. The third-order valence-electron chi connectivity index (χ3n) is 7.24. The van der Waals surface area contributed by atoms with Crippen molar-refractivity contribution in [1.29, 1.82) is 0 Å². The maximum absolute atomic E-state index is 13.4. The zero-order valence-electron chi connectivity index (χ0n) is 15.9. The number of piperidine rings is 1. The Hall–Kier alpha value is -2.17. The van der Waals surface area contributed by atoms with Crippen molar-refractivity contribution in [2.24, 2.45) is 0 Å². The van der Waals surface area contributed by atoms with Crippen LogP contribution in [0, 0.1) is 0 Å². The minimum absolute atomic E-state index is 0.121. The number of quaternary nitrogens is 1. The van der Waals surface area contributed by atoms with Gasteiger partial charge in [0, 0.05) is 24.0 Å². The van der Waals surface area contributed by atoms with Gasteiger partial charge in [-0.25, -0.2) is 4.79 Å². The van der Waals surface area contributed by atoms with Gasteiger partial charge in [0.05, 0.1) is 20.1 Å². The first-order valence-corrected chi connectivity index (χ1v) is 9.90. The summed E-state index contributed by atoms with van der Waals surface area (Å²) in [4.78, 5) is 13.4. The normalized spacial score (nSPS) is 29.1. The molecule has 2 heterocycles. The molecular formula is C23H26NO3+. The van der Waals surface area contributed by atoms with Gasteiger partial charge in [0.15, 0.2) is 6.10 Å². The Bertz CT molecular complexity index is 874. The van der Waals surface area contributed by atoms with Gasteiger partial charge >= 0.3 is 5.97 Å². The molecule has 2 saturated heterocycles. The van der Waals surface area contributed by atoms with E-state index < -0.39 is 11.6 Å². The van der Waals surface area contributed by atoms with Gasteiger partial charge in [-0.1, -0.05) is 48.5 Å². The van der Waals surface area contributed by atoms with Gasteiger partial charge in [-0.3, -0.25) is 0 Å². The van der Waals surface area contributed by atoms with E-state index in [4.69, 9.17) is 4.74 Å². The maximum Gasteiger partial charge on any atom is 0.348 e. The first-order chi connectivity index (χ1) is 12.9. The zero-order valence-corrected chi connectivity index (χ0v) is 15.9. The van der Waals surface area contributed by atoms with Gasteiger partial charge in [0.2, 0.25) is 5.60 Å².